The molecule has 0 aliphatic heterocycles. The zero-order chi connectivity index (χ0) is 13.4. The number of nitrogens with one attached hydrogen (secondary N) is 1. The van der Waals surface area contributed by atoms with Crippen LogP contribution in [0.25, 0.3) is 5.65 Å². The van der Waals surface area contributed by atoms with E-state index in [0.717, 1.165) is 15.5 Å². The minimum absolute atomic E-state index is 0.315. The molecule has 0 aliphatic carbocycles. The molecule has 0 fully saturated rings. The molecule has 0 saturated heterocycles. The van der Waals surface area contributed by atoms with Crippen molar-refractivity contribution in [2.75, 3.05) is 0 Å². The first kappa shape index (κ1) is 12.0. The van der Waals surface area contributed by atoms with Gasteiger partial charge in [0.25, 0.3) is 0 Å². The maximum atomic E-state index is 11.6. The van der Waals surface area contributed by atoms with Crippen molar-refractivity contribution in [3.63, 3.8) is 0 Å². The molecule has 0 unspecified atom stereocenters. The van der Waals surface area contributed by atoms with Crippen LogP contribution < -0.4 is 5.69 Å². The first-order valence-corrected chi connectivity index (χ1v) is 6.65. The number of benzene rings is 1. The molecule has 19 heavy (non-hydrogen) atoms. The smallest absolute Gasteiger partial charge is 0.244 e. The van der Waals surface area contributed by atoms with Crippen LogP contribution in [0.3, 0.4) is 0 Å². The maximum Gasteiger partial charge on any atom is 0.364 e. The van der Waals surface area contributed by atoms with Crippen LogP contribution in [0.15, 0.2) is 45.0 Å². The van der Waals surface area contributed by atoms with Gasteiger partial charge in [0.15, 0.2) is 5.65 Å². The van der Waals surface area contributed by atoms with E-state index in [1.54, 1.807) is 0 Å². The SMILES string of the molecule is Cc1ccc(Sc2cc(C)c3n[nH]c(=O)n3n2)cc1. The molecule has 1 aromatic carbocycles. The van der Waals surface area contributed by atoms with E-state index in [9.17, 15) is 4.79 Å². The van der Waals surface area contributed by atoms with Gasteiger partial charge >= 0.3 is 5.69 Å². The first-order valence-electron chi connectivity index (χ1n) is 5.83. The van der Waals surface area contributed by atoms with Crippen molar-refractivity contribution in [3.05, 3.63) is 51.9 Å². The van der Waals surface area contributed by atoms with E-state index in [0.29, 0.717) is 5.65 Å². The van der Waals surface area contributed by atoms with Gasteiger partial charge in [-0.1, -0.05) is 29.5 Å². The summed E-state index contributed by atoms with van der Waals surface area (Å²) < 4.78 is 1.30. The summed E-state index contributed by atoms with van der Waals surface area (Å²) >= 11 is 1.52. The molecule has 0 aliphatic rings. The molecule has 0 radical (unpaired) electrons. The summed E-state index contributed by atoms with van der Waals surface area (Å²) in [6.45, 7) is 3.96. The van der Waals surface area contributed by atoms with Gasteiger partial charge in [0.2, 0.25) is 0 Å². The number of rotatable bonds is 2. The Morgan fingerprint density at radius 3 is 2.68 bits per heavy atom. The van der Waals surface area contributed by atoms with Crippen LogP contribution in [-0.2, 0) is 0 Å². The number of aryl methyl sites for hydroxylation is 2. The van der Waals surface area contributed by atoms with Crippen molar-refractivity contribution in [1.82, 2.24) is 19.8 Å². The molecule has 6 heteroatoms. The Labute approximate surface area is 113 Å². The van der Waals surface area contributed by atoms with Gasteiger partial charge in [-0.25, -0.2) is 9.89 Å². The summed E-state index contributed by atoms with van der Waals surface area (Å²) in [6, 6.07) is 10.1. The second-order valence-corrected chi connectivity index (χ2v) is 5.44. The molecule has 5 nitrogen and oxygen atoms in total. The van der Waals surface area contributed by atoms with E-state index >= 15 is 0 Å². The normalized spacial score (nSPS) is 11.1. The fraction of sp³-hybridized carbons (Fsp3) is 0.154. The number of nitrogens with zero attached hydrogens (tertiary/aromatic N) is 3. The number of H-pyrrole nitrogens is 1. The Hall–Kier alpha value is -2.08. The minimum Gasteiger partial charge on any atom is -0.244 e. The molecule has 0 amide bonds. The van der Waals surface area contributed by atoms with Crippen LogP contribution in [0.5, 0.6) is 0 Å². The number of hydrogen-bond acceptors (Lipinski definition) is 4. The molecule has 3 rings (SSSR count). The zero-order valence-electron chi connectivity index (χ0n) is 10.5. The number of aromatic amines is 1. The van der Waals surface area contributed by atoms with Crippen molar-refractivity contribution in [1.29, 1.82) is 0 Å². The third kappa shape index (κ3) is 2.26. The lowest BCUT2D eigenvalue weighted by atomic mass is 10.2. The predicted octanol–water partition coefficient (Wildman–Crippen LogP) is 2.19. The van der Waals surface area contributed by atoms with Crippen molar-refractivity contribution < 1.29 is 0 Å². The third-order valence-electron chi connectivity index (χ3n) is 2.79. The molecule has 0 bridgehead atoms. The molecule has 0 saturated carbocycles. The van der Waals surface area contributed by atoms with E-state index in [-0.39, 0.29) is 5.69 Å². The molecule has 0 spiro atoms. The zero-order valence-corrected chi connectivity index (χ0v) is 11.4. The van der Waals surface area contributed by atoms with Crippen LogP contribution >= 0.6 is 11.8 Å². The number of aromatic nitrogens is 4. The van der Waals surface area contributed by atoms with Gasteiger partial charge in [-0.15, -0.1) is 0 Å². The molecule has 3 aromatic rings. The Kier molecular flexibility index (Phi) is 2.87. The molecular formula is C13H12N4OS. The number of hydrogen-bond donors (Lipinski definition) is 1. The molecule has 0 atom stereocenters. The summed E-state index contributed by atoms with van der Waals surface area (Å²) in [4.78, 5) is 12.6. The highest BCUT2D eigenvalue weighted by atomic mass is 32.2. The van der Waals surface area contributed by atoms with Crippen molar-refractivity contribution in [2.24, 2.45) is 0 Å². The molecule has 96 valence electrons. The van der Waals surface area contributed by atoms with E-state index in [1.165, 1.54) is 21.8 Å². The van der Waals surface area contributed by atoms with Crippen LogP contribution in [0.2, 0.25) is 0 Å². The largest absolute Gasteiger partial charge is 0.364 e. The van der Waals surface area contributed by atoms with Gasteiger partial charge in [-0.2, -0.15) is 14.7 Å². The highest BCUT2D eigenvalue weighted by molar-refractivity contribution is 7.99. The Bertz CT molecular complexity index is 789. The van der Waals surface area contributed by atoms with Crippen molar-refractivity contribution >= 4 is 17.4 Å². The fourth-order valence-electron chi connectivity index (χ4n) is 1.79. The third-order valence-corrected chi connectivity index (χ3v) is 3.70. The number of fused-ring (bicyclic) bond motifs is 1. The highest BCUT2D eigenvalue weighted by Gasteiger charge is 2.08. The van der Waals surface area contributed by atoms with Crippen LogP contribution in [-0.4, -0.2) is 19.8 Å². The van der Waals surface area contributed by atoms with Gasteiger partial charge < -0.3 is 0 Å². The average Bonchev–Trinajstić information content (AvgIpc) is 2.75. The lowest BCUT2D eigenvalue weighted by Gasteiger charge is -2.03. The summed E-state index contributed by atoms with van der Waals surface area (Å²) in [5, 5.41) is 11.4. The van der Waals surface area contributed by atoms with Crippen LogP contribution in [0.1, 0.15) is 11.1 Å². The minimum atomic E-state index is -0.315. The topological polar surface area (TPSA) is 63.0 Å². The summed E-state index contributed by atoms with van der Waals surface area (Å²) in [6.07, 6.45) is 0. The van der Waals surface area contributed by atoms with E-state index in [2.05, 4.69) is 27.4 Å². The summed E-state index contributed by atoms with van der Waals surface area (Å²) in [5.74, 6) is 0. The summed E-state index contributed by atoms with van der Waals surface area (Å²) in [7, 11) is 0. The highest BCUT2D eigenvalue weighted by Crippen LogP contribution is 2.26. The second kappa shape index (κ2) is 4.55. The van der Waals surface area contributed by atoms with Crippen molar-refractivity contribution in [2.45, 2.75) is 23.8 Å². The van der Waals surface area contributed by atoms with E-state index < -0.39 is 0 Å². The van der Waals surface area contributed by atoms with Gasteiger partial charge in [0, 0.05) is 4.90 Å². The predicted molar refractivity (Wildman–Crippen MR) is 73.6 cm³/mol. The lowest BCUT2D eigenvalue weighted by Crippen LogP contribution is -2.13. The second-order valence-electron chi connectivity index (χ2n) is 4.34. The van der Waals surface area contributed by atoms with Crippen LogP contribution in [0.4, 0.5) is 0 Å². The Balaban J connectivity index is 2.03. The summed E-state index contributed by atoms with van der Waals surface area (Å²) in [5.41, 5.74) is 2.39. The monoisotopic (exact) mass is 272 g/mol. The standard InChI is InChI=1S/C13H12N4OS/c1-8-3-5-10(6-4-8)19-11-7-9(2)12-14-15-13(18)17(12)16-11/h3-7H,1-2H3,(H,15,18). The molecule has 2 aromatic heterocycles. The first-order chi connectivity index (χ1) is 9.13. The quantitative estimate of drug-likeness (QED) is 0.776. The average molecular weight is 272 g/mol. The van der Waals surface area contributed by atoms with Crippen LogP contribution in [0, 0.1) is 13.8 Å². The van der Waals surface area contributed by atoms with Crippen molar-refractivity contribution in [3.8, 4) is 0 Å². The van der Waals surface area contributed by atoms with Gasteiger partial charge in [-0.05, 0) is 37.6 Å². The van der Waals surface area contributed by atoms with Gasteiger partial charge in [0.05, 0.1) is 0 Å². The fourth-order valence-corrected chi connectivity index (χ4v) is 2.67. The van der Waals surface area contributed by atoms with Gasteiger partial charge in [0.1, 0.15) is 5.03 Å². The Morgan fingerprint density at radius 1 is 1.21 bits per heavy atom. The van der Waals surface area contributed by atoms with Gasteiger partial charge in [-0.3, -0.25) is 0 Å². The molecular weight excluding hydrogens is 260 g/mol. The molecule has 1 N–H and O–H groups in total. The molecule has 2 heterocycles. The lowest BCUT2D eigenvalue weighted by molar-refractivity contribution is 0.815. The maximum absolute atomic E-state index is 11.6. The van der Waals surface area contributed by atoms with E-state index in [4.69, 9.17) is 0 Å². The van der Waals surface area contributed by atoms with E-state index in [1.807, 2.05) is 32.0 Å². The Morgan fingerprint density at radius 2 is 1.95 bits per heavy atom.